The molecule has 0 radical (unpaired) electrons. The lowest BCUT2D eigenvalue weighted by atomic mass is 10.1. The van der Waals surface area contributed by atoms with Crippen LogP contribution in [0.3, 0.4) is 0 Å². The van der Waals surface area contributed by atoms with Crippen LogP contribution in [-0.4, -0.2) is 27.0 Å². The quantitative estimate of drug-likeness (QED) is 0.486. The predicted octanol–water partition coefficient (Wildman–Crippen LogP) is 4.59. The van der Waals surface area contributed by atoms with Crippen LogP contribution in [0, 0.1) is 6.92 Å². The molecule has 1 atom stereocenters. The molecule has 1 aliphatic heterocycles. The van der Waals surface area contributed by atoms with Crippen LogP contribution in [0.25, 0.3) is 0 Å². The lowest BCUT2D eigenvalue weighted by Gasteiger charge is -2.23. The second-order valence-electron chi connectivity index (χ2n) is 8.12. The molecule has 0 saturated carbocycles. The normalized spacial score (nSPS) is 15.4. The molecule has 0 aliphatic carbocycles. The molecule has 4 rings (SSSR count). The number of hydrogen-bond acceptors (Lipinski definition) is 4. The first-order valence-electron chi connectivity index (χ1n) is 10.6. The third-order valence-corrected chi connectivity index (χ3v) is 7.54. The summed E-state index contributed by atoms with van der Waals surface area (Å²) in [5.74, 6) is 0.345. The monoisotopic (exact) mass is 528 g/mol. The summed E-state index contributed by atoms with van der Waals surface area (Å²) in [7, 11) is -3.67. The Morgan fingerprint density at radius 3 is 2.61 bits per heavy atom. The van der Waals surface area contributed by atoms with Crippen LogP contribution in [-0.2, 0) is 27.8 Å². The summed E-state index contributed by atoms with van der Waals surface area (Å²) in [5.41, 5.74) is 3.55. The second-order valence-corrected chi connectivity index (χ2v) is 10.8. The first kappa shape index (κ1) is 23.5. The molecule has 0 aromatic heterocycles. The fourth-order valence-corrected chi connectivity index (χ4v) is 5.51. The molecular formula is C25H25BrN2O4S. The van der Waals surface area contributed by atoms with Crippen molar-refractivity contribution in [2.45, 2.75) is 37.8 Å². The molecule has 3 aromatic rings. The lowest BCUT2D eigenvalue weighted by Crippen LogP contribution is -2.39. The molecular weight excluding hydrogens is 504 g/mol. The van der Waals surface area contributed by atoms with Crippen molar-refractivity contribution >= 4 is 37.5 Å². The average molecular weight is 529 g/mol. The third kappa shape index (κ3) is 5.29. The number of rotatable bonds is 7. The number of carbonyl (C=O) groups is 1. The molecule has 0 saturated heterocycles. The Labute approximate surface area is 202 Å². The summed E-state index contributed by atoms with van der Waals surface area (Å²) in [5, 5.41) is 0. The van der Waals surface area contributed by atoms with E-state index in [1.807, 2.05) is 55.5 Å². The third-order valence-electron chi connectivity index (χ3n) is 5.64. The van der Waals surface area contributed by atoms with E-state index in [9.17, 15) is 13.2 Å². The van der Waals surface area contributed by atoms with Crippen molar-refractivity contribution in [2.24, 2.45) is 0 Å². The van der Waals surface area contributed by atoms with Crippen molar-refractivity contribution in [1.29, 1.82) is 0 Å². The molecule has 3 aromatic carbocycles. The van der Waals surface area contributed by atoms with E-state index in [4.69, 9.17) is 4.74 Å². The van der Waals surface area contributed by atoms with Gasteiger partial charge in [-0.1, -0.05) is 46.3 Å². The Morgan fingerprint density at radius 1 is 1.12 bits per heavy atom. The van der Waals surface area contributed by atoms with Crippen molar-refractivity contribution in [3.8, 4) is 5.75 Å². The Hall–Kier alpha value is -2.68. The number of hydrogen-bond donors (Lipinski definition) is 1. The van der Waals surface area contributed by atoms with Gasteiger partial charge >= 0.3 is 0 Å². The zero-order chi connectivity index (χ0) is 23.6. The number of fused-ring (bicyclic) bond motifs is 1. The van der Waals surface area contributed by atoms with Gasteiger partial charge in [-0.2, -0.15) is 0 Å². The first-order valence-corrected chi connectivity index (χ1v) is 12.9. The van der Waals surface area contributed by atoms with E-state index in [-0.39, 0.29) is 30.0 Å². The molecule has 1 heterocycles. The summed E-state index contributed by atoms with van der Waals surface area (Å²) in [6.07, 6.45) is 0.794. The van der Waals surface area contributed by atoms with E-state index in [1.54, 1.807) is 24.0 Å². The van der Waals surface area contributed by atoms with Crippen molar-refractivity contribution in [3.63, 3.8) is 0 Å². The maximum Gasteiger partial charge on any atom is 0.265 e. The average Bonchev–Trinajstić information content (AvgIpc) is 3.12. The smallest absolute Gasteiger partial charge is 0.265 e. The summed E-state index contributed by atoms with van der Waals surface area (Å²) < 4.78 is 34.7. The van der Waals surface area contributed by atoms with Gasteiger partial charge in [0.15, 0.2) is 6.61 Å². The number of aryl methyl sites for hydroxylation is 1. The molecule has 0 spiro atoms. The highest BCUT2D eigenvalue weighted by molar-refractivity contribution is 9.10. The van der Waals surface area contributed by atoms with E-state index >= 15 is 0 Å². The van der Waals surface area contributed by atoms with Crippen LogP contribution in [0.5, 0.6) is 5.75 Å². The molecule has 0 bridgehead atoms. The maximum absolute atomic E-state index is 12.9. The lowest BCUT2D eigenvalue weighted by molar-refractivity contribution is -0.120. The summed E-state index contributed by atoms with van der Waals surface area (Å²) in [6, 6.07) is 19.9. The molecule has 1 unspecified atom stereocenters. The number of ether oxygens (including phenoxy) is 1. The summed E-state index contributed by atoms with van der Waals surface area (Å²) in [4.78, 5) is 14.8. The van der Waals surface area contributed by atoms with E-state index in [2.05, 4.69) is 20.7 Å². The molecule has 1 N–H and O–H groups in total. The molecule has 172 valence electrons. The maximum atomic E-state index is 12.9. The summed E-state index contributed by atoms with van der Waals surface area (Å²) >= 11 is 3.48. The van der Waals surface area contributed by atoms with Crippen LogP contribution >= 0.6 is 15.9 Å². The van der Waals surface area contributed by atoms with E-state index in [0.29, 0.717) is 11.3 Å². The Balaban J connectivity index is 1.41. The first-order chi connectivity index (χ1) is 15.7. The number of nitrogens with one attached hydrogen (secondary N) is 1. The van der Waals surface area contributed by atoms with Gasteiger partial charge in [0, 0.05) is 22.7 Å². The highest BCUT2D eigenvalue weighted by Crippen LogP contribution is 2.34. The number of halogens is 1. The predicted molar refractivity (Wildman–Crippen MR) is 132 cm³/mol. The number of nitrogens with zero attached hydrogens (tertiary/aromatic N) is 1. The van der Waals surface area contributed by atoms with Crippen LogP contribution in [0.15, 0.2) is 76.1 Å². The van der Waals surface area contributed by atoms with Gasteiger partial charge in [0.25, 0.3) is 5.91 Å². The zero-order valence-electron chi connectivity index (χ0n) is 18.4. The fraction of sp³-hybridized carbons (Fsp3) is 0.240. The SMILES string of the molecule is Cc1cc(S(=O)(=O)NCc2ccccc2)ccc1OCC(=O)N1c2ccc(Br)cc2CC1C. The van der Waals surface area contributed by atoms with E-state index in [0.717, 1.165) is 27.7 Å². The largest absolute Gasteiger partial charge is 0.483 e. The van der Waals surface area contributed by atoms with Gasteiger partial charge in [0.05, 0.1) is 4.90 Å². The van der Waals surface area contributed by atoms with Gasteiger partial charge in [0.1, 0.15) is 5.75 Å². The minimum atomic E-state index is -3.67. The van der Waals surface area contributed by atoms with Gasteiger partial charge in [-0.3, -0.25) is 4.79 Å². The minimum absolute atomic E-state index is 0.0507. The molecule has 33 heavy (non-hydrogen) atoms. The van der Waals surface area contributed by atoms with Gasteiger partial charge in [-0.05, 0) is 73.4 Å². The van der Waals surface area contributed by atoms with E-state index < -0.39 is 10.0 Å². The molecule has 8 heteroatoms. The topological polar surface area (TPSA) is 75.7 Å². The number of anilines is 1. The van der Waals surface area contributed by atoms with Crippen molar-refractivity contribution < 1.29 is 17.9 Å². The van der Waals surface area contributed by atoms with Gasteiger partial charge in [-0.15, -0.1) is 0 Å². The van der Waals surface area contributed by atoms with Crippen molar-refractivity contribution in [2.75, 3.05) is 11.5 Å². The molecule has 1 amide bonds. The van der Waals surface area contributed by atoms with Gasteiger partial charge in [-0.25, -0.2) is 13.1 Å². The minimum Gasteiger partial charge on any atom is -0.483 e. The number of benzene rings is 3. The molecule has 6 nitrogen and oxygen atoms in total. The fourth-order valence-electron chi connectivity index (χ4n) is 4.00. The van der Waals surface area contributed by atoms with Gasteiger partial charge < -0.3 is 9.64 Å². The Morgan fingerprint density at radius 2 is 1.88 bits per heavy atom. The zero-order valence-corrected chi connectivity index (χ0v) is 20.8. The van der Waals surface area contributed by atoms with E-state index in [1.165, 1.54) is 6.07 Å². The van der Waals surface area contributed by atoms with Crippen LogP contribution in [0.2, 0.25) is 0 Å². The Bertz CT molecular complexity index is 1280. The molecule has 0 fully saturated rings. The van der Waals surface area contributed by atoms with Gasteiger partial charge in [0.2, 0.25) is 10.0 Å². The van der Waals surface area contributed by atoms with Crippen molar-refractivity contribution in [1.82, 2.24) is 4.72 Å². The van der Waals surface area contributed by atoms with Crippen LogP contribution < -0.4 is 14.4 Å². The second kappa shape index (κ2) is 9.67. The number of amides is 1. The van der Waals surface area contributed by atoms with Crippen LogP contribution in [0.4, 0.5) is 5.69 Å². The highest BCUT2D eigenvalue weighted by Gasteiger charge is 2.31. The number of carbonyl (C=O) groups excluding carboxylic acids is 1. The Kier molecular flexibility index (Phi) is 6.88. The summed E-state index contributed by atoms with van der Waals surface area (Å²) in [6.45, 7) is 3.86. The highest BCUT2D eigenvalue weighted by atomic mass is 79.9. The molecule has 1 aliphatic rings. The van der Waals surface area contributed by atoms with Crippen LogP contribution in [0.1, 0.15) is 23.6 Å². The van der Waals surface area contributed by atoms with Crippen molar-refractivity contribution in [3.05, 3.63) is 87.9 Å². The number of sulfonamides is 1. The standard InChI is InChI=1S/C25H25BrN2O4S/c1-17-12-22(33(30,31)27-15-19-6-4-3-5-7-19)9-11-24(17)32-16-25(29)28-18(2)13-20-14-21(26)8-10-23(20)28/h3-12,14,18,27H,13,15-16H2,1-2H3.